The standard InChI is InChI=1S/C18H13Cl2NO4/c1-2-24-13-5-3-12(4-6-13)21-17(22)14-8-10-7-11(19)9-15(20)16(10)25-18(14)23/h3-9H,2H2,1H3,(H,21,22). The molecule has 0 aliphatic rings. The molecule has 1 heterocycles. The lowest BCUT2D eigenvalue weighted by atomic mass is 10.1. The normalized spacial score (nSPS) is 10.7. The molecule has 0 fully saturated rings. The number of ether oxygens (including phenoxy) is 1. The van der Waals surface area contributed by atoms with Crippen molar-refractivity contribution in [2.75, 3.05) is 11.9 Å². The molecule has 7 heteroatoms. The van der Waals surface area contributed by atoms with Crippen molar-refractivity contribution in [2.45, 2.75) is 6.92 Å². The topological polar surface area (TPSA) is 68.5 Å². The maximum Gasteiger partial charge on any atom is 0.349 e. The van der Waals surface area contributed by atoms with Crippen LogP contribution in [-0.4, -0.2) is 12.5 Å². The van der Waals surface area contributed by atoms with E-state index in [2.05, 4.69) is 5.32 Å². The van der Waals surface area contributed by atoms with Gasteiger partial charge in [-0.2, -0.15) is 0 Å². The minimum absolute atomic E-state index is 0.139. The van der Waals surface area contributed by atoms with Crippen molar-refractivity contribution in [1.29, 1.82) is 0 Å². The highest BCUT2D eigenvalue weighted by atomic mass is 35.5. The Kier molecular flexibility index (Phi) is 4.97. The molecule has 0 bridgehead atoms. The average Bonchev–Trinajstić information content (AvgIpc) is 2.57. The smallest absolute Gasteiger partial charge is 0.349 e. The van der Waals surface area contributed by atoms with Crippen LogP contribution in [0, 0.1) is 0 Å². The second-order valence-electron chi connectivity index (χ2n) is 5.17. The molecule has 5 nitrogen and oxygen atoms in total. The molecular weight excluding hydrogens is 365 g/mol. The van der Waals surface area contributed by atoms with E-state index in [0.717, 1.165) is 0 Å². The highest BCUT2D eigenvalue weighted by molar-refractivity contribution is 6.38. The molecule has 0 aliphatic carbocycles. The summed E-state index contributed by atoms with van der Waals surface area (Å²) in [6.07, 6.45) is 0. The first kappa shape index (κ1) is 17.3. The molecule has 1 N–H and O–H groups in total. The molecule has 3 rings (SSSR count). The number of halogens is 2. The third-order valence-corrected chi connectivity index (χ3v) is 3.92. The Morgan fingerprint density at radius 1 is 1.16 bits per heavy atom. The van der Waals surface area contributed by atoms with Crippen LogP contribution in [0.4, 0.5) is 5.69 Å². The van der Waals surface area contributed by atoms with Gasteiger partial charge in [-0.1, -0.05) is 23.2 Å². The summed E-state index contributed by atoms with van der Waals surface area (Å²) in [7, 11) is 0. The Morgan fingerprint density at radius 3 is 2.56 bits per heavy atom. The lowest BCUT2D eigenvalue weighted by molar-refractivity contribution is 0.102. The molecule has 0 atom stereocenters. The van der Waals surface area contributed by atoms with E-state index >= 15 is 0 Å². The van der Waals surface area contributed by atoms with Gasteiger partial charge in [-0.3, -0.25) is 4.79 Å². The van der Waals surface area contributed by atoms with Crippen LogP contribution in [0.15, 0.2) is 51.7 Å². The molecule has 0 saturated heterocycles. The minimum Gasteiger partial charge on any atom is -0.494 e. The zero-order valence-electron chi connectivity index (χ0n) is 13.1. The van der Waals surface area contributed by atoms with Crippen molar-refractivity contribution < 1.29 is 13.9 Å². The van der Waals surface area contributed by atoms with Gasteiger partial charge >= 0.3 is 5.63 Å². The van der Waals surface area contributed by atoms with Crippen LogP contribution >= 0.6 is 23.2 Å². The lowest BCUT2D eigenvalue weighted by Crippen LogP contribution is -2.20. The minimum atomic E-state index is -0.778. The Labute approximate surface area is 153 Å². The van der Waals surface area contributed by atoms with Gasteiger partial charge in [0.1, 0.15) is 11.3 Å². The number of hydrogen-bond donors (Lipinski definition) is 1. The molecule has 2 aromatic carbocycles. The Morgan fingerprint density at radius 2 is 1.88 bits per heavy atom. The van der Waals surface area contributed by atoms with Gasteiger partial charge in [0.2, 0.25) is 0 Å². The van der Waals surface area contributed by atoms with Gasteiger partial charge in [0.25, 0.3) is 5.91 Å². The van der Waals surface area contributed by atoms with Crippen LogP contribution in [0.25, 0.3) is 11.0 Å². The summed E-state index contributed by atoms with van der Waals surface area (Å²) in [4.78, 5) is 24.5. The molecule has 0 saturated carbocycles. The summed E-state index contributed by atoms with van der Waals surface area (Å²) < 4.78 is 10.5. The van der Waals surface area contributed by atoms with Crippen LogP contribution in [0.5, 0.6) is 5.75 Å². The van der Waals surface area contributed by atoms with Crippen molar-refractivity contribution in [1.82, 2.24) is 0 Å². The van der Waals surface area contributed by atoms with Gasteiger partial charge in [0, 0.05) is 16.1 Å². The zero-order valence-corrected chi connectivity index (χ0v) is 14.6. The molecule has 25 heavy (non-hydrogen) atoms. The number of carbonyl (C=O) groups excluding carboxylic acids is 1. The maximum atomic E-state index is 12.4. The second-order valence-corrected chi connectivity index (χ2v) is 6.01. The van der Waals surface area contributed by atoms with Crippen molar-refractivity contribution >= 4 is 45.8 Å². The first-order chi connectivity index (χ1) is 12.0. The van der Waals surface area contributed by atoms with Gasteiger partial charge in [0.15, 0.2) is 5.58 Å². The van der Waals surface area contributed by atoms with E-state index in [9.17, 15) is 9.59 Å². The highest BCUT2D eigenvalue weighted by Crippen LogP contribution is 2.27. The van der Waals surface area contributed by atoms with Crippen molar-refractivity contribution in [3.63, 3.8) is 0 Å². The number of rotatable bonds is 4. The average molecular weight is 378 g/mol. The van der Waals surface area contributed by atoms with Gasteiger partial charge in [-0.05, 0) is 49.4 Å². The summed E-state index contributed by atoms with van der Waals surface area (Å²) in [6, 6.07) is 11.2. The van der Waals surface area contributed by atoms with Crippen molar-refractivity contribution in [3.8, 4) is 5.75 Å². The van der Waals surface area contributed by atoms with E-state index < -0.39 is 11.5 Å². The molecule has 0 unspecified atom stereocenters. The van der Waals surface area contributed by atoms with Crippen LogP contribution in [0.2, 0.25) is 10.0 Å². The molecule has 1 amide bonds. The first-order valence-corrected chi connectivity index (χ1v) is 8.20. The number of amides is 1. The van der Waals surface area contributed by atoms with Crippen LogP contribution in [0.3, 0.4) is 0 Å². The van der Waals surface area contributed by atoms with Crippen molar-refractivity contribution in [3.05, 3.63) is 68.5 Å². The van der Waals surface area contributed by atoms with E-state index in [-0.39, 0.29) is 16.2 Å². The van der Waals surface area contributed by atoms with Gasteiger partial charge in [0.05, 0.1) is 11.6 Å². The third-order valence-electron chi connectivity index (χ3n) is 3.42. The van der Waals surface area contributed by atoms with E-state index in [4.69, 9.17) is 32.4 Å². The number of benzene rings is 2. The van der Waals surface area contributed by atoms with E-state index in [0.29, 0.717) is 28.5 Å². The van der Waals surface area contributed by atoms with E-state index in [1.807, 2.05) is 6.92 Å². The van der Waals surface area contributed by atoms with Gasteiger partial charge in [-0.15, -0.1) is 0 Å². The number of nitrogens with one attached hydrogen (secondary N) is 1. The number of fused-ring (bicyclic) bond motifs is 1. The maximum absolute atomic E-state index is 12.4. The predicted octanol–water partition coefficient (Wildman–Crippen LogP) is 4.75. The van der Waals surface area contributed by atoms with Gasteiger partial charge < -0.3 is 14.5 Å². The SMILES string of the molecule is CCOc1ccc(NC(=O)c2cc3cc(Cl)cc(Cl)c3oc2=O)cc1. The molecule has 0 radical (unpaired) electrons. The van der Waals surface area contributed by atoms with Crippen LogP contribution in [0.1, 0.15) is 17.3 Å². The summed E-state index contributed by atoms with van der Waals surface area (Å²) >= 11 is 12.0. The first-order valence-electron chi connectivity index (χ1n) is 7.45. The fourth-order valence-corrected chi connectivity index (χ4v) is 2.86. The largest absolute Gasteiger partial charge is 0.494 e. The fourth-order valence-electron chi connectivity index (χ4n) is 2.32. The van der Waals surface area contributed by atoms with Crippen LogP contribution < -0.4 is 15.7 Å². The molecule has 1 aromatic heterocycles. The van der Waals surface area contributed by atoms with E-state index in [1.54, 1.807) is 30.3 Å². The summed E-state index contributed by atoms with van der Waals surface area (Å²) in [6.45, 7) is 2.43. The molecule has 0 aliphatic heterocycles. The quantitative estimate of drug-likeness (QED) is 0.666. The lowest BCUT2D eigenvalue weighted by Gasteiger charge is -2.07. The molecular formula is C18H13Cl2NO4. The highest BCUT2D eigenvalue weighted by Gasteiger charge is 2.16. The Hall–Kier alpha value is -2.50. The molecule has 3 aromatic rings. The zero-order chi connectivity index (χ0) is 18.0. The predicted molar refractivity (Wildman–Crippen MR) is 98.1 cm³/mol. The van der Waals surface area contributed by atoms with Crippen LogP contribution in [-0.2, 0) is 0 Å². The second kappa shape index (κ2) is 7.17. The Bertz CT molecular complexity index is 996. The third kappa shape index (κ3) is 3.78. The summed E-state index contributed by atoms with van der Waals surface area (Å²) in [5, 5.41) is 3.69. The summed E-state index contributed by atoms with van der Waals surface area (Å²) in [5.41, 5.74) is -0.203. The summed E-state index contributed by atoms with van der Waals surface area (Å²) in [5.74, 6) is 0.103. The monoisotopic (exact) mass is 377 g/mol. The van der Waals surface area contributed by atoms with E-state index in [1.165, 1.54) is 12.1 Å². The number of anilines is 1. The number of hydrogen-bond acceptors (Lipinski definition) is 4. The Balaban J connectivity index is 1.91. The molecule has 128 valence electrons. The fraction of sp³-hybridized carbons (Fsp3) is 0.111. The van der Waals surface area contributed by atoms with Gasteiger partial charge in [-0.25, -0.2) is 4.79 Å². The molecule has 0 spiro atoms. The van der Waals surface area contributed by atoms with Crippen molar-refractivity contribution in [2.24, 2.45) is 0 Å². The number of carbonyl (C=O) groups is 1.